The number of nitrogens with one attached hydrogen (secondary N) is 2. The predicted octanol–water partition coefficient (Wildman–Crippen LogP) is 1.80. The van der Waals surface area contributed by atoms with Crippen LogP contribution in [-0.4, -0.2) is 34.8 Å². The fraction of sp³-hybridized carbons (Fsp3) is 0.353. The summed E-state index contributed by atoms with van der Waals surface area (Å²) in [6, 6.07) is 6.27. The summed E-state index contributed by atoms with van der Waals surface area (Å²) in [5.74, 6) is -0.958. The highest BCUT2D eigenvalue weighted by Crippen LogP contribution is 2.09. The minimum atomic E-state index is -0.332. The number of nitrogens with zero attached hydrogens (tertiary/aromatic N) is 2. The van der Waals surface area contributed by atoms with Crippen molar-refractivity contribution in [2.45, 2.75) is 26.8 Å². The molecule has 0 saturated carbocycles. The Labute approximate surface area is 150 Å². The maximum Gasteiger partial charge on any atom is 0.252 e. The molecule has 25 heavy (non-hydrogen) atoms. The van der Waals surface area contributed by atoms with Crippen LogP contribution in [0.4, 0.5) is 4.39 Å². The molecule has 2 aromatic rings. The summed E-state index contributed by atoms with van der Waals surface area (Å²) < 4.78 is 13.2. The van der Waals surface area contributed by atoms with Gasteiger partial charge in [0.25, 0.3) is 5.91 Å². The standard InChI is InChI=1S/C17H21FN4O2S/c1-3-22(9-13-5-4-6-14(18)7-13)10-16(24)21-20-15(23)8-17-19-12(2)11-25-17/h4-7,11H,3,8-10H2,1-2H3,(H,20,23)(H,21,24). The summed E-state index contributed by atoms with van der Waals surface area (Å²) in [7, 11) is 0. The molecule has 6 nitrogen and oxygen atoms in total. The molecule has 0 atom stereocenters. The van der Waals surface area contributed by atoms with E-state index in [0.717, 1.165) is 11.3 Å². The molecule has 0 spiro atoms. The second-order valence-corrected chi connectivity index (χ2v) is 6.53. The normalized spacial score (nSPS) is 10.7. The molecule has 0 saturated heterocycles. The van der Waals surface area contributed by atoms with E-state index in [0.29, 0.717) is 18.1 Å². The number of halogens is 1. The molecule has 2 N–H and O–H groups in total. The summed E-state index contributed by atoms with van der Waals surface area (Å²) >= 11 is 1.41. The van der Waals surface area contributed by atoms with Gasteiger partial charge < -0.3 is 0 Å². The number of carbonyl (C=O) groups excluding carboxylic acids is 2. The van der Waals surface area contributed by atoms with Gasteiger partial charge in [0.2, 0.25) is 5.91 Å². The van der Waals surface area contributed by atoms with Crippen molar-refractivity contribution in [1.29, 1.82) is 0 Å². The van der Waals surface area contributed by atoms with Gasteiger partial charge in [-0.1, -0.05) is 19.1 Å². The summed E-state index contributed by atoms with van der Waals surface area (Å²) in [5.41, 5.74) is 6.44. The molecule has 0 unspecified atom stereocenters. The maximum atomic E-state index is 13.2. The Hall–Kier alpha value is -2.32. The molecule has 2 rings (SSSR count). The lowest BCUT2D eigenvalue weighted by atomic mass is 10.2. The van der Waals surface area contributed by atoms with Gasteiger partial charge in [-0.05, 0) is 31.2 Å². The molecular formula is C17H21FN4O2S. The monoisotopic (exact) mass is 364 g/mol. The Morgan fingerprint density at radius 2 is 2.04 bits per heavy atom. The van der Waals surface area contributed by atoms with Crippen molar-refractivity contribution in [3.63, 3.8) is 0 Å². The number of rotatable bonds is 7. The van der Waals surface area contributed by atoms with Gasteiger partial charge in [0, 0.05) is 17.6 Å². The van der Waals surface area contributed by atoms with Crippen LogP contribution in [0.5, 0.6) is 0 Å². The Morgan fingerprint density at radius 3 is 2.68 bits per heavy atom. The van der Waals surface area contributed by atoms with Crippen LogP contribution in [0.1, 0.15) is 23.2 Å². The van der Waals surface area contributed by atoms with Crippen molar-refractivity contribution in [1.82, 2.24) is 20.7 Å². The number of benzene rings is 1. The van der Waals surface area contributed by atoms with E-state index in [1.165, 1.54) is 23.5 Å². The topological polar surface area (TPSA) is 74.3 Å². The predicted molar refractivity (Wildman–Crippen MR) is 94.2 cm³/mol. The zero-order valence-electron chi connectivity index (χ0n) is 14.2. The van der Waals surface area contributed by atoms with Crippen LogP contribution in [0, 0.1) is 12.7 Å². The first-order chi connectivity index (χ1) is 12.0. The number of aryl methyl sites for hydroxylation is 1. The molecule has 0 radical (unpaired) electrons. The Balaban J connectivity index is 1.76. The minimum absolute atomic E-state index is 0.101. The Bertz CT molecular complexity index is 735. The van der Waals surface area contributed by atoms with Crippen LogP contribution in [0.25, 0.3) is 0 Å². The summed E-state index contributed by atoms with van der Waals surface area (Å²) in [4.78, 5) is 29.8. The zero-order valence-corrected chi connectivity index (χ0v) is 15.0. The van der Waals surface area contributed by atoms with Crippen LogP contribution in [0.2, 0.25) is 0 Å². The van der Waals surface area contributed by atoms with Gasteiger partial charge in [-0.2, -0.15) is 0 Å². The molecule has 134 valence electrons. The van der Waals surface area contributed by atoms with Crippen LogP contribution in [0.3, 0.4) is 0 Å². The molecule has 2 amide bonds. The van der Waals surface area contributed by atoms with Crippen LogP contribution >= 0.6 is 11.3 Å². The molecular weight excluding hydrogens is 343 g/mol. The highest BCUT2D eigenvalue weighted by molar-refractivity contribution is 7.09. The van der Waals surface area contributed by atoms with Gasteiger partial charge in [0.1, 0.15) is 10.8 Å². The highest BCUT2D eigenvalue weighted by Gasteiger charge is 2.12. The van der Waals surface area contributed by atoms with Crippen molar-refractivity contribution in [2.24, 2.45) is 0 Å². The number of hydrogen-bond donors (Lipinski definition) is 2. The fourth-order valence-corrected chi connectivity index (χ4v) is 2.99. The zero-order chi connectivity index (χ0) is 18.2. The molecule has 1 heterocycles. The number of aromatic nitrogens is 1. The lowest BCUT2D eigenvalue weighted by Crippen LogP contribution is -2.46. The van der Waals surface area contributed by atoms with E-state index in [4.69, 9.17) is 0 Å². The number of amides is 2. The number of thiazole rings is 1. The minimum Gasteiger partial charge on any atom is -0.290 e. The van der Waals surface area contributed by atoms with Gasteiger partial charge in [-0.15, -0.1) is 11.3 Å². The third-order valence-electron chi connectivity index (χ3n) is 3.43. The van der Waals surface area contributed by atoms with Crippen molar-refractivity contribution in [2.75, 3.05) is 13.1 Å². The molecule has 0 fully saturated rings. The third kappa shape index (κ3) is 6.60. The lowest BCUT2D eigenvalue weighted by Gasteiger charge is -2.20. The molecule has 1 aromatic heterocycles. The van der Waals surface area contributed by atoms with Gasteiger partial charge in [-0.25, -0.2) is 9.37 Å². The molecule has 0 aliphatic rings. The molecule has 0 aliphatic heterocycles. The average Bonchev–Trinajstić information content (AvgIpc) is 2.97. The van der Waals surface area contributed by atoms with Crippen LogP contribution in [0.15, 0.2) is 29.6 Å². The Kier molecular flexibility index (Phi) is 7.03. The van der Waals surface area contributed by atoms with E-state index in [1.807, 2.05) is 24.1 Å². The quantitative estimate of drug-likeness (QED) is 0.735. The van der Waals surface area contributed by atoms with Crippen molar-refractivity contribution >= 4 is 23.2 Å². The van der Waals surface area contributed by atoms with E-state index in [-0.39, 0.29) is 30.6 Å². The number of carbonyl (C=O) groups is 2. The summed E-state index contributed by atoms with van der Waals surface area (Å²) in [5, 5.41) is 2.57. The summed E-state index contributed by atoms with van der Waals surface area (Å²) in [6.07, 6.45) is 0.125. The second-order valence-electron chi connectivity index (χ2n) is 5.59. The first-order valence-corrected chi connectivity index (χ1v) is 8.79. The van der Waals surface area contributed by atoms with E-state index in [2.05, 4.69) is 15.8 Å². The van der Waals surface area contributed by atoms with E-state index >= 15 is 0 Å². The van der Waals surface area contributed by atoms with Crippen LogP contribution in [-0.2, 0) is 22.6 Å². The van der Waals surface area contributed by atoms with Gasteiger partial charge in [0.05, 0.1) is 13.0 Å². The second kappa shape index (κ2) is 9.24. The number of likely N-dealkylation sites (N-methyl/N-ethyl adjacent to an activating group) is 1. The largest absolute Gasteiger partial charge is 0.290 e. The fourth-order valence-electron chi connectivity index (χ4n) is 2.22. The Morgan fingerprint density at radius 1 is 1.28 bits per heavy atom. The van der Waals surface area contributed by atoms with Crippen molar-refractivity contribution in [3.05, 3.63) is 51.7 Å². The summed E-state index contributed by atoms with van der Waals surface area (Å²) in [6.45, 7) is 4.95. The highest BCUT2D eigenvalue weighted by atomic mass is 32.1. The molecule has 0 aliphatic carbocycles. The van der Waals surface area contributed by atoms with Gasteiger partial charge >= 0.3 is 0 Å². The van der Waals surface area contributed by atoms with Crippen molar-refractivity contribution < 1.29 is 14.0 Å². The van der Waals surface area contributed by atoms with E-state index < -0.39 is 0 Å². The van der Waals surface area contributed by atoms with Crippen molar-refractivity contribution in [3.8, 4) is 0 Å². The molecule has 1 aromatic carbocycles. The number of hydrazine groups is 1. The van der Waals surface area contributed by atoms with Crippen LogP contribution < -0.4 is 10.9 Å². The lowest BCUT2D eigenvalue weighted by molar-refractivity contribution is -0.129. The third-order valence-corrected chi connectivity index (χ3v) is 4.40. The van der Waals surface area contributed by atoms with E-state index in [9.17, 15) is 14.0 Å². The van der Waals surface area contributed by atoms with Gasteiger partial charge in [-0.3, -0.25) is 25.3 Å². The number of hydrogen-bond acceptors (Lipinski definition) is 5. The smallest absolute Gasteiger partial charge is 0.252 e. The van der Waals surface area contributed by atoms with Gasteiger partial charge in [0.15, 0.2) is 0 Å². The SMILES string of the molecule is CCN(CC(=O)NNC(=O)Cc1nc(C)cs1)Cc1cccc(F)c1. The molecule has 0 bridgehead atoms. The maximum absolute atomic E-state index is 13.2. The average molecular weight is 364 g/mol. The first kappa shape index (κ1) is 19.0. The van der Waals surface area contributed by atoms with E-state index in [1.54, 1.807) is 12.1 Å². The first-order valence-electron chi connectivity index (χ1n) is 7.91. The molecule has 8 heteroatoms.